The highest BCUT2D eigenvalue weighted by molar-refractivity contribution is 7.90. The van der Waals surface area contributed by atoms with Crippen molar-refractivity contribution in [2.24, 2.45) is 7.05 Å². The van der Waals surface area contributed by atoms with E-state index in [1.165, 1.54) is 6.20 Å². The first-order valence-electron chi connectivity index (χ1n) is 9.54. The summed E-state index contributed by atoms with van der Waals surface area (Å²) in [6.45, 7) is 1.25. The number of carbonyl (C=O) groups excluding carboxylic acids is 2. The predicted molar refractivity (Wildman–Crippen MR) is 107 cm³/mol. The molecule has 0 aliphatic carbocycles. The molecule has 3 rings (SSSR count). The molecule has 30 heavy (non-hydrogen) atoms. The highest BCUT2D eigenvalue weighted by Gasteiger charge is 2.44. The fraction of sp³-hybridized carbons (Fsp3) is 0.667. The molecule has 0 bridgehead atoms. The van der Waals surface area contributed by atoms with Gasteiger partial charge < -0.3 is 20.1 Å². The van der Waals surface area contributed by atoms with Crippen molar-refractivity contribution >= 4 is 28.1 Å². The molecule has 0 radical (unpaired) electrons. The molecule has 2 saturated heterocycles. The van der Waals surface area contributed by atoms with Gasteiger partial charge in [-0.2, -0.15) is 5.10 Å². The van der Waals surface area contributed by atoms with Gasteiger partial charge in [-0.25, -0.2) is 8.42 Å². The lowest BCUT2D eigenvalue weighted by Gasteiger charge is -2.38. The van der Waals surface area contributed by atoms with Gasteiger partial charge in [0, 0.05) is 51.7 Å². The van der Waals surface area contributed by atoms with E-state index in [0.29, 0.717) is 38.1 Å². The van der Waals surface area contributed by atoms with E-state index >= 15 is 0 Å². The lowest BCUT2D eigenvalue weighted by Crippen LogP contribution is -2.50. The minimum Gasteiger partial charge on any atom is -0.483 e. The van der Waals surface area contributed by atoms with Crippen LogP contribution in [0.5, 0.6) is 0 Å². The van der Waals surface area contributed by atoms with E-state index in [1.54, 1.807) is 22.8 Å². The lowest BCUT2D eigenvalue weighted by molar-refractivity contribution is -0.132. The maximum atomic E-state index is 12.4. The standard InChI is InChI=1S/C17H26N4O5S.CH2O2/c1-20-11-13(10-18-20)16(23)19-14-3-7-26-17(9-14)5-6-21(12-17)15(22)4-8-27(2,24)25;2-1-3/h10-11,14H,3-9,12H2,1-2H3,(H,19,23);1H,(H,2,3)/t14-,17-;/m1./s1. The predicted octanol–water partition coefficient (Wildman–Crippen LogP) is -0.564. The Hall–Kier alpha value is -2.47. The molecule has 11 nitrogen and oxygen atoms in total. The number of sulfone groups is 1. The van der Waals surface area contributed by atoms with Gasteiger partial charge in [0.1, 0.15) is 9.84 Å². The second kappa shape index (κ2) is 10.0. The molecule has 2 N–H and O–H groups in total. The minimum absolute atomic E-state index is 0.00388. The van der Waals surface area contributed by atoms with E-state index in [0.717, 1.165) is 12.7 Å². The second-order valence-corrected chi connectivity index (χ2v) is 9.91. The first-order chi connectivity index (χ1) is 14.1. The van der Waals surface area contributed by atoms with Crippen LogP contribution >= 0.6 is 0 Å². The normalized spacial score (nSPS) is 23.5. The number of carboxylic acid groups (broad SMARTS) is 1. The van der Waals surface area contributed by atoms with Crippen LogP contribution in [-0.4, -0.2) is 89.8 Å². The monoisotopic (exact) mass is 444 g/mol. The zero-order valence-electron chi connectivity index (χ0n) is 17.1. The molecule has 2 atom stereocenters. The number of nitrogens with zero attached hydrogens (tertiary/aromatic N) is 3. The van der Waals surface area contributed by atoms with Gasteiger partial charge in [0.15, 0.2) is 0 Å². The summed E-state index contributed by atoms with van der Waals surface area (Å²) in [6.07, 6.45) is 6.37. The molecule has 0 aromatic carbocycles. The first kappa shape index (κ1) is 23.8. The van der Waals surface area contributed by atoms with E-state index in [1.807, 2.05) is 0 Å². The van der Waals surface area contributed by atoms with Gasteiger partial charge in [0.2, 0.25) is 5.91 Å². The summed E-state index contributed by atoms with van der Waals surface area (Å²) in [6, 6.07) is -0.0301. The fourth-order valence-electron chi connectivity index (χ4n) is 3.73. The summed E-state index contributed by atoms with van der Waals surface area (Å²) in [5, 5.41) is 13.9. The third kappa shape index (κ3) is 6.80. The maximum absolute atomic E-state index is 12.4. The molecule has 12 heteroatoms. The van der Waals surface area contributed by atoms with Gasteiger partial charge in [-0.05, 0) is 19.3 Å². The number of hydrogen-bond acceptors (Lipinski definition) is 7. The summed E-state index contributed by atoms with van der Waals surface area (Å²) < 4.78 is 30.1. The van der Waals surface area contributed by atoms with E-state index in [-0.39, 0.29) is 36.5 Å². The van der Waals surface area contributed by atoms with Crippen molar-refractivity contribution in [1.82, 2.24) is 20.0 Å². The lowest BCUT2D eigenvalue weighted by atomic mass is 9.89. The first-order valence-corrected chi connectivity index (χ1v) is 11.6. The zero-order valence-corrected chi connectivity index (χ0v) is 17.9. The number of ether oxygens (including phenoxy) is 1. The number of aryl methyl sites for hydroxylation is 1. The van der Waals surface area contributed by atoms with E-state index in [2.05, 4.69) is 10.4 Å². The number of rotatable bonds is 5. The van der Waals surface area contributed by atoms with Crippen LogP contribution < -0.4 is 5.32 Å². The average molecular weight is 445 g/mol. The Kier molecular flexibility index (Phi) is 7.96. The molecule has 2 amide bonds. The summed E-state index contributed by atoms with van der Waals surface area (Å²) in [7, 11) is -1.40. The average Bonchev–Trinajstić information content (AvgIpc) is 3.27. The number of nitrogens with one attached hydrogen (secondary N) is 1. The number of amides is 2. The largest absolute Gasteiger partial charge is 0.483 e. The van der Waals surface area contributed by atoms with Crippen molar-refractivity contribution in [2.45, 2.75) is 37.3 Å². The van der Waals surface area contributed by atoms with Crippen LogP contribution in [0.1, 0.15) is 36.0 Å². The van der Waals surface area contributed by atoms with Gasteiger partial charge in [-0.15, -0.1) is 0 Å². The Balaban J connectivity index is 0.00000101. The second-order valence-electron chi connectivity index (χ2n) is 7.65. The third-order valence-corrected chi connectivity index (χ3v) is 6.10. The molecular weight excluding hydrogens is 416 g/mol. The van der Waals surface area contributed by atoms with Crippen molar-refractivity contribution in [3.8, 4) is 0 Å². The van der Waals surface area contributed by atoms with Crippen molar-refractivity contribution < 1.29 is 32.6 Å². The topological polar surface area (TPSA) is 148 Å². The summed E-state index contributed by atoms with van der Waals surface area (Å²) in [4.78, 5) is 34.7. The molecular formula is C18H28N4O7S. The molecule has 1 aromatic rings. The van der Waals surface area contributed by atoms with Crippen LogP contribution in [0.25, 0.3) is 0 Å². The van der Waals surface area contributed by atoms with Crippen LogP contribution in [0.3, 0.4) is 0 Å². The molecule has 1 aromatic heterocycles. The Morgan fingerprint density at radius 1 is 1.47 bits per heavy atom. The minimum atomic E-state index is -3.16. The summed E-state index contributed by atoms with van der Waals surface area (Å²) in [5.74, 6) is -0.466. The van der Waals surface area contributed by atoms with Crippen molar-refractivity contribution in [1.29, 1.82) is 0 Å². The van der Waals surface area contributed by atoms with Crippen LogP contribution in [0.15, 0.2) is 12.4 Å². The fourth-order valence-corrected chi connectivity index (χ4v) is 4.28. The van der Waals surface area contributed by atoms with Gasteiger partial charge in [-0.3, -0.25) is 19.1 Å². The zero-order chi connectivity index (χ0) is 22.4. The maximum Gasteiger partial charge on any atom is 0.290 e. The Morgan fingerprint density at radius 3 is 2.77 bits per heavy atom. The molecule has 3 heterocycles. The molecule has 0 unspecified atom stereocenters. The molecule has 2 aliphatic rings. The number of likely N-dealkylation sites (tertiary alicyclic amines) is 1. The van der Waals surface area contributed by atoms with Crippen molar-refractivity contribution in [3.05, 3.63) is 18.0 Å². The van der Waals surface area contributed by atoms with Gasteiger partial charge in [0.05, 0.1) is 23.1 Å². The summed E-state index contributed by atoms with van der Waals surface area (Å²) in [5.41, 5.74) is 0.0494. The molecule has 0 saturated carbocycles. The van der Waals surface area contributed by atoms with Crippen LogP contribution in [0.2, 0.25) is 0 Å². The van der Waals surface area contributed by atoms with Gasteiger partial charge in [-0.1, -0.05) is 0 Å². The SMILES string of the molecule is Cn1cc(C(=O)N[C@@H]2CCO[C@]3(CCN(C(=O)CCS(C)(=O)=O)C3)C2)cn1.O=CO. The molecule has 1 spiro atoms. The molecule has 168 valence electrons. The van der Waals surface area contributed by atoms with E-state index in [4.69, 9.17) is 14.6 Å². The third-order valence-electron chi connectivity index (χ3n) is 5.15. The molecule has 2 fully saturated rings. The van der Waals surface area contributed by atoms with Gasteiger partial charge in [0.25, 0.3) is 12.4 Å². The quantitative estimate of drug-likeness (QED) is 0.574. The van der Waals surface area contributed by atoms with Crippen LogP contribution in [0, 0.1) is 0 Å². The van der Waals surface area contributed by atoms with Gasteiger partial charge >= 0.3 is 0 Å². The van der Waals surface area contributed by atoms with E-state index in [9.17, 15) is 18.0 Å². The highest BCUT2D eigenvalue weighted by Crippen LogP contribution is 2.34. The number of aromatic nitrogens is 2. The van der Waals surface area contributed by atoms with Crippen molar-refractivity contribution in [2.75, 3.05) is 31.7 Å². The Labute approximate surface area is 175 Å². The Bertz CT molecular complexity index is 870. The smallest absolute Gasteiger partial charge is 0.290 e. The van der Waals surface area contributed by atoms with Crippen LogP contribution in [0.4, 0.5) is 0 Å². The summed E-state index contributed by atoms with van der Waals surface area (Å²) >= 11 is 0. The number of carbonyl (C=O) groups is 3. The molecule has 2 aliphatic heterocycles. The van der Waals surface area contributed by atoms with Crippen molar-refractivity contribution in [3.63, 3.8) is 0 Å². The highest BCUT2D eigenvalue weighted by atomic mass is 32.2. The Morgan fingerprint density at radius 2 is 2.17 bits per heavy atom. The van der Waals surface area contributed by atoms with Crippen LogP contribution in [-0.2, 0) is 31.2 Å². The number of hydrogen-bond donors (Lipinski definition) is 2. The van der Waals surface area contributed by atoms with E-state index < -0.39 is 15.4 Å².